The monoisotopic (exact) mass is 246 g/mol. The highest BCUT2D eigenvalue weighted by molar-refractivity contribution is 6.30. The van der Waals surface area contributed by atoms with E-state index in [0.717, 1.165) is 7.11 Å². The first-order chi connectivity index (χ1) is 7.47. The quantitative estimate of drug-likeness (QED) is 0.681. The molecule has 0 saturated heterocycles. The molecule has 0 radical (unpaired) electrons. The molecular weight excluding hydrogens is 236 g/mol. The molecule has 88 valence electrons. The standard InChI is InChI=1S/C10H11ClO5/c1-16-10(15)9(14)8(13)6-4-5(11)2-3-7(6)12/h2-4,8-9,12-14H,1H3. The van der Waals surface area contributed by atoms with Crippen LogP contribution in [-0.2, 0) is 9.53 Å². The van der Waals surface area contributed by atoms with Gasteiger partial charge in [-0.3, -0.25) is 0 Å². The summed E-state index contributed by atoms with van der Waals surface area (Å²) in [6, 6.07) is 3.93. The van der Waals surface area contributed by atoms with Crippen LogP contribution in [0.2, 0.25) is 5.02 Å². The van der Waals surface area contributed by atoms with Gasteiger partial charge >= 0.3 is 5.97 Å². The minimum Gasteiger partial charge on any atom is -0.508 e. The first-order valence-corrected chi connectivity index (χ1v) is 4.77. The lowest BCUT2D eigenvalue weighted by molar-refractivity contribution is -0.156. The lowest BCUT2D eigenvalue weighted by Crippen LogP contribution is -2.29. The van der Waals surface area contributed by atoms with Crippen molar-refractivity contribution in [3.63, 3.8) is 0 Å². The summed E-state index contributed by atoms with van der Waals surface area (Å²) >= 11 is 5.66. The van der Waals surface area contributed by atoms with Crippen molar-refractivity contribution >= 4 is 17.6 Å². The van der Waals surface area contributed by atoms with Crippen LogP contribution in [0.25, 0.3) is 0 Å². The number of benzene rings is 1. The maximum absolute atomic E-state index is 11.0. The van der Waals surface area contributed by atoms with Crippen LogP contribution in [0, 0.1) is 0 Å². The van der Waals surface area contributed by atoms with Gasteiger partial charge in [0.05, 0.1) is 7.11 Å². The van der Waals surface area contributed by atoms with Gasteiger partial charge in [0.25, 0.3) is 0 Å². The van der Waals surface area contributed by atoms with Crippen LogP contribution < -0.4 is 0 Å². The number of carbonyl (C=O) groups excluding carboxylic acids is 1. The predicted octanol–water partition coefficient (Wildman–Crippen LogP) is 0.613. The average Bonchev–Trinajstić information content (AvgIpc) is 2.29. The molecule has 0 aliphatic carbocycles. The molecule has 0 spiro atoms. The second-order valence-corrected chi connectivity index (χ2v) is 3.55. The Bertz CT molecular complexity index is 393. The Morgan fingerprint density at radius 1 is 1.44 bits per heavy atom. The van der Waals surface area contributed by atoms with Crippen molar-refractivity contribution in [2.45, 2.75) is 12.2 Å². The zero-order valence-corrected chi connectivity index (χ0v) is 9.18. The fourth-order valence-electron chi connectivity index (χ4n) is 1.18. The molecule has 1 rings (SSSR count). The number of aliphatic hydroxyl groups excluding tert-OH is 2. The highest BCUT2D eigenvalue weighted by atomic mass is 35.5. The Hall–Kier alpha value is -1.30. The van der Waals surface area contributed by atoms with Gasteiger partial charge in [0.2, 0.25) is 0 Å². The van der Waals surface area contributed by atoms with Crippen molar-refractivity contribution in [2.75, 3.05) is 7.11 Å². The van der Waals surface area contributed by atoms with Crippen molar-refractivity contribution in [1.82, 2.24) is 0 Å². The summed E-state index contributed by atoms with van der Waals surface area (Å²) in [5.74, 6) is -1.26. The second kappa shape index (κ2) is 5.16. The van der Waals surface area contributed by atoms with E-state index < -0.39 is 18.2 Å². The summed E-state index contributed by atoms with van der Waals surface area (Å²) in [6.45, 7) is 0. The Balaban J connectivity index is 2.99. The molecular formula is C10H11ClO5. The van der Waals surface area contributed by atoms with Gasteiger partial charge in [-0.15, -0.1) is 0 Å². The fraction of sp³-hybridized carbons (Fsp3) is 0.300. The molecule has 2 unspecified atom stereocenters. The summed E-state index contributed by atoms with van der Waals surface area (Å²) in [6.07, 6.45) is -3.36. The van der Waals surface area contributed by atoms with Crippen LogP contribution in [0.1, 0.15) is 11.7 Å². The van der Waals surface area contributed by atoms with Gasteiger partial charge in [-0.1, -0.05) is 11.6 Å². The van der Waals surface area contributed by atoms with Gasteiger partial charge in [-0.05, 0) is 18.2 Å². The van der Waals surface area contributed by atoms with Crippen LogP contribution in [0.15, 0.2) is 18.2 Å². The Kier molecular flexibility index (Phi) is 4.12. The minimum absolute atomic E-state index is 0.0367. The van der Waals surface area contributed by atoms with E-state index in [1.165, 1.54) is 18.2 Å². The van der Waals surface area contributed by atoms with E-state index in [4.69, 9.17) is 11.6 Å². The summed E-state index contributed by atoms with van der Waals surface area (Å²) in [5.41, 5.74) is -0.0367. The largest absolute Gasteiger partial charge is 0.508 e. The maximum Gasteiger partial charge on any atom is 0.337 e. The second-order valence-electron chi connectivity index (χ2n) is 3.12. The zero-order chi connectivity index (χ0) is 12.3. The highest BCUT2D eigenvalue weighted by Gasteiger charge is 2.28. The van der Waals surface area contributed by atoms with E-state index in [1.807, 2.05) is 0 Å². The van der Waals surface area contributed by atoms with Crippen molar-refractivity contribution in [3.8, 4) is 5.75 Å². The molecule has 0 bridgehead atoms. The molecule has 0 aliphatic heterocycles. The lowest BCUT2D eigenvalue weighted by atomic mass is 10.0. The molecule has 3 N–H and O–H groups in total. The average molecular weight is 247 g/mol. The van der Waals surface area contributed by atoms with E-state index in [9.17, 15) is 20.1 Å². The number of halogens is 1. The third-order valence-electron chi connectivity index (χ3n) is 2.05. The molecule has 6 heteroatoms. The number of hydrogen-bond acceptors (Lipinski definition) is 5. The number of hydrogen-bond donors (Lipinski definition) is 3. The minimum atomic E-state index is -1.77. The van der Waals surface area contributed by atoms with E-state index >= 15 is 0 Å². The van der Waals surface area contributed by atoms with Gasteiger partial charge in [-0.25, -0.2) is 4.79 Å². The van der Waals surface area contributed by atoms with Crippen LogP contribution in [0.5, 0.6) is 5.75 Å². The summed E-state index contributed by atoms with van der Waals surface area (Å²) in [5, 5.41) is 28.7. The first-order valence-electron chi connectivity index (χ1n) is 4.39. The van der Waals surface area contributed by atoms with Crippen molar-refractivity contribution in [2.24, 2.45) is 0 Å². The number of phenolic OH excluding ortho intramolecular Hbond substituents is 1. The number of rotatable bonds is 3. The molecule has 0 amide bonds. The molecule has 0 aromatic heterocycles. The number of aromatic hydroxyl groups is 1. The van der Waals surface area contributed by atoms with Crippen molar-refractivity contribution < 1.29 is 24.9 Å². The van der Waals surface area contributed by atoms with E-state index in [-0.39, 0.29) is 16.3 Å². The number of carbonyl (C=O) groups is 1. The van der Waals surface area contributed by atoms with Crippen molar-refractivity contribution in [3.05, 3.63) is 28.8 Å². The zero-order valence-electron chi connectivity index (χ0n) is 8.42. The number of ether oxygens (including phenoxy) is 1. The molecule has 0 saturated carbocycles. The molecule has 16 heavy (non-hydrogen) atoms. The Labute approximate surface area is 96.9 Å². The SMILES string of the molecule is COC(=O)C(O)C(O)c1cc(Cl)ccc1O. The van der Waals surface area contributed by atoms with E-state index in [2.05, 4.69) is 4.74 Å². The van der Waals surface area contributed by atoms with Crippen molar-refractivity contribution in [1.29, 1.82) is 0 Å². The predicted molar refractivity (Wildman–Crippen MR) is 56.1 cm³/mol. The lowest BCUT2D eigenvalue weighted by Gasteiger charge is -2.17. The van der Waals surface area contributed by atoms with Crippen LogP contribution in [-0.4, -0.2) is 34.5 Å². The third-order valence-corrected chi connectivity index (χ3v) is 2.29. The molecule has 1 aromatic rings. The molecule has 0 heterocycles. The normalized spacial score (nSPS) is 14.2. The Morgan fingerprint density at radius 2 is 2.06 bits per heavy atom. The number of methoxy groups -OCH3 is 1. The van der Waals surface area contributed by atoms with Crippen LogP contribution >= 0.6 is 11.6 Å². The summed E-state index contributed by atoms with van der Waals surface area (Å²) in [4.78, 5) is 11.0. The van der Waals surface area contributed by atoms with E-state index in [1.54, 1.807) is 0 Å². The topological polar surface area (TPSA) is 87.0 Å². The summed E-state index contributed by atoms with van der Waals surface area (Å²) < 4.78 is 4.26. The number of phenols is 1. The van der Waals surface area contributed by atoms with Crippen LogP contribution in [0.3, 0.4) is 0 Å². The molecule has 5 nitrogen and oxygen atoms in total. The van der Waals surface area contributed by atoms with Gasteiger partial charge < -0.3 is 20.1 Å². The first kappa shape index (κ1) is 12.8. The third kappa shape index (κ3) is 2.63. The van der Waals surface area contributed by atoms with Gasteiger partial charge in [-0.2, -0.15) is 0 Å². The fourth-order valence-corrected chi connectivity index (χ4v) is 1.36. The molecule has 2 atom stereocenters. The van der Waals surface area contributed by atoms with Crippen LogP contribution in [0.4, 0.5) is 0 Å². The van der Waals surface area contributed by atoms with Gasteiger partial charge in [0.15, 0.2) is 6.10 Å². The molecule has 1 aromatic carbocycles. The number of esters is 1. The van der Waals surface area contributed by atoms with Gasteiger partial charge in [0, 0.05) is 10.6 Å². The summed E-state index contributed by atoms with van der Waals surface area (Å²) in [7, 11) is 1.08. The maximum atomic E-state index is 11.0. The molecule has 0 aliphatic rings. The highest BCUT2D eigenvalue weighted by Crippen LogP contribution is 2.29. The number of aliphatic hydroxyl groups is 2. The Morgan fingerprint density at radius 3 is 2.62 bits per heavy atom. The smallest absolute Gasteiger partial charge is 0.337 e. The van der Waals surface area contributed by atoms with E-state index in [0.29, 0.717) is 0 Å². The molecule has 0 fully saturated rings. The van der Waals surface area contributed by atoms with Gasteiger partial charge in [0.1, 0.15) is 11.9 Å².